The third-order valence-electron chi connectivity index (χ3n) is 4.91. The number of alkyl halides is 3. The molecule has 3 rings (SSSR count). The number of carbonyl (C=O) groups is 2. The number of nitrogens with two attached hydrogens (primary N) is 1. The van der Waals surface area contributed by atoms with Crippen molar-refractivity contribution in [1.29, 1.82) is 0 Å². The van der Waals surface area contributed by atoms with Crippen LogP contribution in [0.25, 0.3) is 5.69 Å². The quantitative estimate of drug-likeness (QED) is 0.191. The molecule has 0 atom stereocenters. The van der Waals surface area contributed by atoms with E-state index in [-0.39, 0.29) is 35.3 Å². The summed E-state index contributed by atoms with van der Waals surface area (Å²) in [6.07, 6.45) is -0.122. The van der Waals surface area contributed by atoms with Crippen LogP contribution >= 0.6 is 0 Å². The molecule has 0 aliphatic carbocycles. The second kappa shape index (κ2) is 13.6. The summed E-state index contributed by atoms with van der Waals surface area (Å²) in [5.74, 6) is -0.365. The maximum Gasteiger partial charge on any atom is 0.416 e. The number of halogens is 4. The summed E-state index contributed by atoms with van der Waals surface area (Å²) in [4.78, 5) is 22.6. The average Bonchev–Trinajstić information content (AvgIpc) is 3.42. The van der Waals surface area contributed by atoms with Crippen molar-refractivity contribution in [3.8, 4) is 5.69 Å². The van der Waals surface area contributed by atoms with Gasteiger partial charge in [-0.2, -0.15) is 13.2 Å². The van der Waals surface area contributed by atoms with Gasteiger partial charge in [0.15, 0.2) is 0 Å². The Bertz CT molecular complexity index is 1340. The van der Waals surface area contributed by atoms with Crippen molar-refractivity contribution >= 4 is 23.3 Å². The molecule has 10 nitrogen and oxygen atoms in total. The highest BCUT2D eigenvalue weighted by Crippen LogP contribution is 2.33. The van der Waals surface area contributed by atoms with Gasteiger partial charge in [-0.15, -0.1) is 5.10 Å². The van der Waals surface area contributed by atoms with E-state index in [1.165, 1.54) is 36.3 Å². The van der Waals surface area contributed by atoms with Crippen molar-refractivity contribution < 1.29 is 31.9 Å². The molecule has 39 heavy (non-hydrogen) atoms. The van der Waals surface area contributed by atoms with Crippen molar-refractivity contribution in [2.75, 3.05) is 17.7 Å². The molecule has 3 amide bonds. The van der Waals surface area contributed by atoms with Crippen LogP contribution < -0.4 is 21.7 Å². The lowest BCUT2D eigenvalue weighted by Gasteiger charge is -2.15. The van der Waals surface area contributed by atoms with E-state index in [9.17, 15) is 27.2 Å². The number of hydrogen-bond acceptors (Lipinski definition) is 6. The molecule has 0 bridgehead atoms. The molecule has 0 fully saturated rings. The minimum atomic E-state index is -4.62. The van der Waals surface area contributed by atoms with Crippen molar-refractivity contribution in [3.05, 3.63) is 89.8 Å². The summed E-state index contributed by atoms with van der Waals surface area (Å²) in [5.41, 5.74) is 4.37. The monoisotopic (exact) mass is 549 g/mol. The van der Waals surface area contributed by atoms with E-state index in [2.05, 4.69) is 32.8 Å². The number of carbonyl (C=O) groups excluding carboxylic acids is 2. The van der Waals surface area contributed by atoms with E-state index >= 15 is 0 Å². The lowest BCUT2D eigenvalue weighted by Crippen LogP contribution is -2.23. The standard InChI is InChI=1S/C21H19F4N5O2.C4H8N2O/c1-3-13(2)32-12-14-4-6-17(16(22)10-14)27-20(31)28-18-11-15(21(23,24)25)5-7-19(18)30-9-8-26-29-30;1-3(5)4(7)6-2/h3-11H,12H2,1-2H3,(H2,27,28,31);1,5H2,2H3,(H,6,7)/b13-3+;. The van der Waals surface area contributed by atoms with E-state index in [1.54, 1.807) is 26.0 Å². The van der Waals surface area contributed by atoms with Crippen LogP contribution in [0.4, 0.5) is 33.7 Å². The zero-order valence-corrected chi connectivity index (χ0v) is 21.3. The fraction of sp³-hybridized carbons (Fsp3) is 0.200. The molecule has 3 aromatic rings. The third-order valence-corrected chi connectivity index (χ3v) is 4.91. The first kappa shape index (κ1) is 30.3. The Labute approximate surface area is 221 Å². The number of amides is 3. The molecular formula is C25H27F4N7O3. The van der Waals surface area contributed by atoms with Crippen LogP contribution in [-0.4, -0.2) is 34.0 Å². The number of ether oxygens (including phenoxy) is 1. The normalized spacial score (nSPS) is 11.1. The van der Waals surface area contributed by atoms with Gasteiger partial charge in [0, 0.05) is 7.05 Å². The van der Waals surface area contributed by atoms with Gasteiger partial charge in [-0.1, -0.05) is 17.9 Å². The molecule has 2 aromatic carbocycles. The van der Waals surface area contributed by atoms with Crippen LogP contribution in [0.5, 0.6) is 0 Å². The van der Waals surface area contributed by atoms with E-state index in [4.69, 9.17) is 10.5 Å². The summed E-state index contributed by atoms with van der Waals surface area (Å²) in [7, 11) is 1.50. The Morgan fingerprint density at radius 1 is 1.15 bits per heavy atom. The number of rotatable bonds is 7. The molecule has 0 saturated carbocycles. The number of urea groups is 1. The minimum Gasteiger partial charge on any atom is -0.494 e. The number of nitrogens with one attached hydrogen (secondary N) is 3. The third kappa shape index (κ3) is 9.18. The molecule has 0 spiro atoms. The van der Waals surface area contributed by atoms with Gasteiger partial charge in [0.05, 0.1) is 46.5 Å². The number of benzene rings is 2. The maximum absolute atomic E-state index is 14.4. The second-order valence-corrected chi connectivity index (χ2v) is 7.76. The van der Waals surface area contributed by atoms with Gasteiger partial charge in [0.1, 0.15) is 12.4 Å². The molecular weight excluding hydrogens is 522 g/mol. The SMILES string of the molecule is C/C=C(\C)OCc1ccc(NC(=O)Nc2cc(C(F)(F)F)ccc2-n2ccnn2)c(F)c1.C=C(N)C(=O)NC. The first-order chi connectivity index (χ1) is 18.3. The highest BCUT2D eigenvalue weighted by atomic mass is 19.4. The number of anilines is 2. The highest BCUT2D eigenvalue weighted by Gasteiger charge is 2.31. The zero-order chi connectivity index (χ0) is 29.2. The number of aromatic nitrogens is 3. The topological polar surface area (TPSA) is 136 Å². The zero-order valence-electron chi connectivity index (χ0n) is 21.3. The molecule has 0 aliphatic rings. The molecule has 0 aliphatic heterocycles. The molecule has 1 aromatic heterocycles. The van der Waals surface area contributed by atoms with Gasteiger partial charge in [-0.3, -0.25) is 4.79 Å². The number of hydrogen-bond donors (Lipinski definition) is 4. The number of allylic oxidation sites excluding steroid dienone is 2. The lowest BCUT2D eigenvalue weighted by molar-refractivity contribution is -0.137. The van der Waals surface area contributed by atoms with E-state index in [1.807, 2.05) is 0 Å². The van der Waals surface area contributed by atoms with Crippen LogP contribution in [0.2, 0.25) is 0 Å². The summed E-state index contributed by atoms with van der Waals surface area (Å²) in [6.45, 7) is 6.90. The van der Waals surface area contributed by atoms with Gasteiger partial charge in [0.2, 0.25) is 0 Å². The molecule has 5 N–H and O–H groups in total. The maximum atomic E-state index is 14.4. The molecule has 14 heteroatoms. The van der Waals surface area contributed by atoms with Crippen molar-refractivity contribution in [3.63, 3.8) is 0 Å². The summed E-state index contributed by atoms with van der Waals surface area (Å²) >= 11 is 0. The van der Waals surface area contributed by atoms with Gasteiger partial charge < -0.3 is 26.4 Å². The number of nitrogens with zero attached hydrogens (tertiary/aromatic N) is 3. The van der Waals surface area contributed by atoms with Gasteiger partial charge in [0.25, 0.3) is 5.91 Å². The van der Waals surface area contributed by atoms with Crippen molar-refractivity contribution in [1.82, 2.24) is 20.3 Å². The van der Waals surface area contributed by atoms with Crippen LogP contribution in [0.1, 0.15) is 25.0 Å². The average molecular weight is 550 g/mol. The summed E-state index contributed by atoms with van der Waals surface area (Å²) in [5, 5.41) is 14.2. The predicted molar refractivity (Wildman–Crippen MR) is 137 cm³/mol. The molecule has 208 valence electrons. The van der Waals surface area contributed by atoms with Crippen LogP contribution in [-0.2, 0) is 22.3 Å². The van der Waals surface area contributed by atoms with Gasteiger partial charge in [-0.05, 0) is 55.8 Å². The largest absolute Gasteiger partial charge is 0.494 e. The molecule has 1 heterocycles. The first-order valence-electron chi connectivity index (χ1n) is 11.2. The van der Waals surface area contributed by atoms with Crippen LogP contribution in [0.3, 0.4) is 0 Å². The smallest absolute Gasteiger partial charge is 0.416 e. The fourth-order valence-electron chi connectivity index (χ4n) is 2.82. The lowest BCUT2D eigenvalue weighted by atomic mass is 10.1. The minimum absolute atomic E-state index is 0.0440. The Hall–Kier alpha value is -4.88. The van der Waals surface area contributed by atoms with Crippen molar-refractivity contribution in [2.24, 2.45) is 5.73 Å². The number of likely N-dealkylation sites (N-methyl/N-ethyl adjacent to an activating group) is 1. The summed E-state index contributed by atoms with van der Waals surface area (Å²) < 4.78 is 60.4. The van der Waals surface area contributed by atoms with E-state index < -0.39 is 23.6 Å². The Balaban J connectivity index is 0.000000673. The molecule has 0 radical (unpaired) electrons. The van der Waals surface area contributed by atoms with Crippen LogP contribution in [0.15, 0.2) is 72.9 Å². The molecule has 0 saturated heterocycles. The highest BCUT2D eigenvalue weighted by molar-refractivity contribution is 6.01. The Kier molecular flexibility index (Phi) is 10.6. The summed E-state index contributed by atoms with van der Waals surface area (Å²) in [6, 6.07) is 5.93. The van der Waals surface area contributed by atoms with Gasteiger partial charge >= 0.3 is 12.2 Å². The fourth-order valence-corrected chi connectivity index (χ4v) is 2.82. The van der Waals surface area contributed by atoms with E-state index in [0.29, 0.717) is 11.3 Å². The van der Waals surface area contributed by atoms with Gasteiger partial charge in [-0.25, -0.2) is 13.9 Å². The Morgan fingerprint density at radius 2 is 1.85 bits per heavy atom. The Morgan fingerprint density at radius 3 is 2.36 bits per heavy atom. The predicted octanol–water partition coefficient (Wildman–Crippen LogP) is 4.71. The second-order valence-electron chi connectivity index (χ2n) is 7.76. The first-order valence-corrected chi connectivity index (χ1v) is 11.2. The van der Waals surface area contributed by atoms with E-state index in [0.717, 1.165) is 18.2 Å². The van der Waals surface area contributed by atoms with Crippen LogP contribution in [0, 0.1) is 5.82 Å². The van der Waals surface area contributed by atoms with Crippen molar-refractivity contribution in [2.45, 2.75) is 26.6 Å². The molecule has 0 unspecified atom stereocenters.